The lowest BCUT2D eigenvalue weighted by Gasteiger charge is -2.37. The van der Waals surface area contributed by atoms with E-state index in [1.807, 2.05) is 41.3 Å². The summed E-state index contributed by atoms with van der Waals surface area (Å²) in [4.78, 5) is 35.0. The summed E-state index contributed by atoms with van der Waals surface area (Å²) in [5.74, 6) is -0.117. The SMILES string of the molecule is O=C(O)c1cccc(NC(=NCc2ccccc2)N2CCN(CC(=O)N3CCOCC3)CC2)c1. The number of ether oxygens (including phenoxy) is 1. The number of aliphatic imine (C=N–C) groups is 1. The smallest absolute Gasteiger partial charge is 0.335 e. The first-order valence-corrected chi connectivity index (χ1v) is 11.6. The number of anilines is 1. The molecule has 9 nitrogen and oxygen atoms in total. The summed E-state index contributed by atoms with van der Waals surface area (Å²) in [5.41, 5.74) is 1.99. The van der Waals surface area contributed by atoms with Gasteiger partial charge in [0.15, 0.2) is 5.96 Å². The highest BCUT2D eigenvalue weighted by atomic mass is 16.5. The lowest BCUT2D eigenvalue weighted by molar-refractivity contribution is -0.136. The average Bonchev–Trinajstić information content (AvgIpc) is 2.88. The molecule has 0 spiro atoms. The van der Waals surface area contributed by atoms with Gasteiger partial charge in [0, 0.05) is 45.0 Å². The molecule has 34 heavy (non-hydrogen) atoms. The summed E-state index contributed by atoms with van der Waals surface area (Å²) < 4.78 is 5.34. The van der Waals surface area contributed by atoms with Crippen molar-refractivity contribution in [1.82, 2.24) is 14.7 Å². The first kappa shape index (κ1) is 23.7. The molecular weight excluding hydrogens is 434 g/mol. The Balaban J connectivity index is 1.41. The van der Waals surface area contributed by atoms with Crippen LogP contribution in [0.2, 0.25) is 0 Å². The minimum absolute atomic E-state index is 0.151. The predicted octanol–water partition coefficient (Wildman–Crippen LogP) is 1.83. The zero-order chi connectivity index (χ0) is 23.8. The number of carboxylic acid groups (broad SMARTS) is 1. The van der Waals surface area contributed by atoms with Crippen LogP contribution < -0.4 is 5.32 Å². The molecule has 2 saturated heterocycles. The van der Waals surface area contributed by atoms with E-state index in [0.717, 1.165) is 31.7 Å². The van der Waals surface area contributed by atoms with E-state index in [0.29, 0.717) is 51.0 Å². The molecule has 2 aromatic rings. The van der Waals surface area contributed by atoms with Crippen LogP contribution in [0.1, 0.15) is 15.9 Å². The first-order chi connectivity index (χ1) is 16.6. The van der Waals surface area contributed by atoms with Gasteiger partial charge < -0.3 is 25.0 Å². The molecule has 0 aliphatic carbocycles. The van der Waals surface area contributed by atoms with Crippen LogP contribution >= 0.6 is 0 Å². The molecule has 0 aromatic heterocycles. The molecule has 180 valence electrons. The molecule has 2 aliphatic rings. The molecule has 0 unspecified atom stereocenters. The van der Waals surface area contributed by atoms with E-state index in [2.05, 4.69) is 15.1 Å². The molecule has 9 heteroatoms. The number of carbonyl (C=O) groups excluding carboxylic acids is 1. The number of piperazine rings is 1. The fraction of sp³-hybridized carbons (Fsp3) is 0.400. The lowest BCUT2D eigenvalue weighted by Crippen LogP contribution is -2.53. The fourth-order valence-electron chi connectivity index (χ4n) is 4.05. The van der Waals surface area contributed by atoms with Crippen molar-refractivity contribution >= 4 is 23.5 Å². The number of nitrogens with zero attached hydrogens (tertiary/aromatic N) is 4. The number of hydrogen-bond donors (Lipinski definition) is 2. The van der Waals surface area contributed by atoms with Crippen LogP contribution in [0.15, 0.2) is 59.6 Å². The average molecular weight is 466 g/mol. The van der Waals surface area contributed by atoms with Crippen molar-refractivity contribution in [3.8, 4) is 0 Å². The molecule has 0 saturated carbocycles. The zero-order valence-corrected chi connectivity index (χ0v) is 19.2. The lowest BCUT2D eigenvalue weighted by atomic mass is 10.2. The van der Waals surface area contributed by atoms with Crippen LogP contribution in [0.25, 0.3) is 0 Å². The van der Waals surface area contributed by atoms with Crippen LogP contribution in [0, 0.1) is 0 Å². The number of benzene rings is 2. The van der Waals surface area contributed by atoms with Crippen molar-refractivity contribution in [1.29, 1.82) is 0 Å². The maximum atomic E-state index is 12.6. The quantitative estimate of drug-likeness (QED) is 0.496. The summed E-state index contributed by atoms with van der Waals surface area (Å²) in [6, 6.07) is 16.7. The van der Waals surface area contributed by atoms with Gasteiger partial charge >= 0.3 is 5.97 Å². The van der Waals surface area contributed by atoms with Gasteiger partial charge in [-0.25, -0.2) is 9.79 Å². The third-order valence-electron chi connectivity index (χ3n) is 6.01. The second-order valence-electron chi connectivity index (χ2n) is 8.39. The van der Waals surface area contributed by atoms with Crippen molar-refractivity contribution in [3.63, 3.8) is 0 Å². The van der Waals surface area contributed by atoms with Crippen LogP contribution in [-0.2, 0) is 16.1 Å². The molecule has 2 N–H and O–H groups in total. The van der Waals surface area contributed by atoms with Gasteiger partial charge in [0.05, 0.1) is 31.9 Å². The number of carbonyl (C=O) groups is 2. The molecule has 1 amide bonds. The van der Waals surface area contributed by atoms with Gasteiger partial charge in [-0.2, -0.15) is 0 Å². The molecule has 2 heterocycles. The monoisotopic (exact) mass is 465 g/mol. The van der Waals surface area contributed by atoms with Gasteiger partial charge in [0.2, 0.25) is 5.91 Å². The number of rotatable bonds is 6. The van der Waals surface area contributed by atoms with E-state index in [9.17, 15) is 14.7 Å². The van der Waals surface area contributed by atoms with Crippen molar-refractivity contribution in [2.75, 3.05) is 64.3 Å². The molecular formula is C25H31N5O4. The number of amides is 1. The Morgan fingerprint density at radius 1 is 0.912 bits per heavy atom. The van der Waals surface area contributed by atoms with Gasteiger partial charge in [-0.05, 0) is 23.8 Å². The molecule has 2 aliphatic heterocycles. The van der Waals surface area contributed by atoms with Crippen molar-refractivity contribution in [2.24, 2.45) is 4.99 Å². The van der Waals surface area contributed by atoms with E-state index in [1.54, 1.807) is 18.2 Å². The van der Waals surface area contributed by atoms with Crippen LogP contribution in [-0.4, -0.2) is 96.7 Å². The van der Waals surface area contributed by atoms with Crippen molar-refractivity contribution in [3.05, 3.63) is 65.7 Å². The molecule has 4 rings (SSSR count). The number of nitrogens with one attached hydrogen (secondary N) is 1. The Morgan fingerprint density at radius 2 is 1.65 bits per heavy atom. The highest BCUT2D eigenvalue weighted by Crippen LogP contribution is 2.14. The normalized spacial score (nSPS) is 17.5. The second kappa shape index (κ2) is 11.6. The summed E-state index contributed by atoms with van der Waals surface area (Å²) in [7, 11) is 0. The van der Waals surface area contributed by atoms with E-state index < -0.39 is 5.97 Å². The van der Waals surface area contributed by atoms with Gasteiger partial charge in [0.25, 0.3) is 0 Å². The maximum Gasteiger partial charge on any atom is 0.335 e. The molecule has 0 radical (unpaired) electrons. The van der Waals surface area contributed by atoms with E-state index >= 15 is 0 Å². The fourth-order valence-corrected chi connectivity index (χ4v) is 4.05. The number of aromatic carboxylic acids is 1. The van der Waals surface area contributed by atoms with Gasteiger partial charge in [0.1, 0.15) is 0 Å². The van der Waals surface area contributed by atoms with Gasteiger partial charge in [-0.3, -0.25) is 9.69 Å². The third kappa shape index (κ3) is 6.55. The Kier molecular flexibility index (Phi) is 8.11. The predicted molar refractivity (Wildman–Crippen MR) is 130 cm³/mol. The van der Waals surface area contributed by atoms with Crippen LogP contribution in [0.5, 0.6) is 0 Å². The largest absolute Gasteiger partial charge is 0.478 e. The van der Waals surface area contributed by atoms with E-state index in [4.69, 9.17) is 9.73 Å². The minimum Gasteiger partial charge on any atom is -0.478 e. The summed E-state index contributed by atoms with van der Waals surface area (Å²) >= 11 is 0. The van der Waals surface area contributed by atoms with E-state index in [-0.39, 0.29) is 11.5 Å². The Hall–Kier alpha value is -3.43. The summed E-state index contributed by atoms with van der Waals surface area (Å²) in [6.07, 6.45) is 0. The first-order valence-electron chi connectivity index (χ1n) is 11.6. The van der Waals surface area contributed by atoms with Crippen LogP contribution in [0.3, 0.4) is 0 Å². The third-order valence-corrected chi connectivity index (χ3v) is 6.01. The van der Waals surface area contributed by atoms with Crippen LogP contribution in [0.4, 0.5) is 5.69 Å². The molecule has 0 atom stereocenters. The maximum absolute atomic E-state index is 12.6. The van der Waals surface area contributed by atoms with Crippen molar-refractivity contribution < 1.29 is 19.4 Å². The summed E-state index contributed by atoms with van der Waals surface area (Å²) in [6.45, 7) is 6.39. The highest BCUT2D eigenvalue weighted by Gasteiger charge is 2.24. The number of guanidine groups is 1. The zero-order valence-electron chi connectivity index (χ0n) is 19.2. The number of carboxylic acids is 1. The topological polar surface area (TPSA) is 97.7 Å². The number of hydrogen-bond acceptors (Lipinski definition) is 5. The minimum atomic E-state index is -0.968. The standard InChI is InChI=1S/C25H31N5O4/c31-23(29-13-15-34-16-14-29)19-28-9-11-30(12-10-28)25(26-18-20-5-2-1-3-6-20)27-22-8-4-7-21(17-22)24(32)33/h1-8,17H,9-16,18-19H2,(H,26,27)(H,32,33). The molecule has 2 fully saturated rings. The second-order valence-corrected chi connectivity index (χ2v) is 8.39. The molecule has 2 aromatic carbocycles. The Bertz CT molecular complexity index is 999. The highest BCUT2D eigenvalue weighted by molar-refractivity contribution is 5.95. The van der Waals surface area contributed by atoms with E-state index in [1.165, 1.54) is 0 Å². The number of morpholine rings is 1. The Labute approximate surface area is 199 Å². The van der Waals surface area contributed by atoms with Gasteiger partial charge in [-0.15, -0.1) is 0 Å². The Morgan fingerprint density at radius 3 is 2.35 bits per heavy atom. The molecule has 0 bridgehead atoms. The summed E-state index contributed by atoms with van der Waals surface area (Å²) in [5, 5.41) is 12.7. The van der Waals surface area contributed by atoms with Gasteiger partial charge in [-0.1, -0.05) is 36.4 Å². The van der Waals surface area contributed by atoms with Crippen molar-refractivity contribution in [2.45, 2.75) is 6.54 Å².